The highest BCUT2D eigenvalue weighted by Crippen LogP contribution is 2.41. The van der Waals surface area contributed by atoms with Crippen molar-refractivity contribution in [1.29, 1.82) is 0 Å². The number of unbranched alkanes of at least 4 members (excludes halogenated alkanes) is 1. The van der Waals surface area contributed by atoms with Crippen LogP contribution in [0.4, 0.5) is 4.79 Å². The van der Waals surface area contributed by atoms with Crippen LogP contribution in [0, 0.1) is 5.41 Å². The Labute approximate surface area is 187 Å². The molecule has 0 aromatic carbocycles. The first-order chi connectivity index (χ1) is 14.7. The maximum atomic E-state index is 12.7. The molecule has 1 atom stereocenters. The molecule has 31 heavy (non-hydrogen) atoms. The number of hydrogen-bond donors (Lipinski definition) is 2. The van der Waals surface area contributed by atoms with Crippen molar-refractivity contribution < 1.29 is 19.1 Å². The third kappa shape index (κ3) is 7.05. The van der Waals surface area contributed by atoms with Gasteiger partial charge in [-0.3, -0.25) is 4.79 Å². The number of rotatable bonds is 7. The number of carbonyl (C=O) groups excluding carboxylic acids is 2. The van der Waals surface area contributed by atoms with Crippen LogP contribution in [0.2, 0.25) is 0 Å². The predicted molar refractivity (Wildman–Crippen MR) is 120 cm³/mol. The summed E-state index contributed by atoms with van der Waals surface area (Å²) < 4.78 is 10.7. The largest absolute Gasteiger partial charge is 0.444 e. The molecule has 0 bridgehead atoms. The van der Waals surface area contributed by atoms with E-state index < -0.39 is 17.7 Å². The Hall–Kier alpha value is -1.38. The number of likely N-dealkylation sites (tertiary alicyclic amines) is 2. The standard InChI is InChI=1S/C23H42N4O4/c1-22(2,3)31-21(29)25-11-5-4-6-19(24)20(28)27-16-23(17-27)9-12-26(13-10-23)18-7-14-30-15-8-18/h18-19H,4-17,24H2,1-3H3,(H,25,29)/t19-/m1/s1. The van der Waals surface area contributed by atoms with Crippen molar-refractivity contribution >= 4 is 12.0 Å². The minimum Gasteiger partial charge on any atom is -0.444 e. The van der Waals surface area contributed by atoms with Gasteiger partial charge >= 0.3 is 6.09 Å². The summed E-state index contributed by atoms with van der Waals surface area (Å²) in [6.07, 6.45) is 6.50. The van der Waals surface area contributed by atoms with Crippen molar-refractivity contribution in [2.24, 2.45) is 11.1 Å². The fourth-order valence-electron chi connectivity index (χ4n) is 5.00. The highest BCUT2D eigenvalue weighted by Gasteiger charge is 2.47. The molecule has 2 amide bonds. The van der Waals surface area contributed by atoms with E-state index in [2.05, 4.69) is 10.2 Å². The van der Waals surface area contributed by atoms with Crippen LogP contribution >= 0.6 is 0 Å². The zero-order valence-electron chi connectivity index (χ0n) is 19.7. The van der Waals surface area contributed by atoms with Crippen molar-refractivity contribution in [3.05, 3.63) is 0 Å². The Bertz CT molecular complexity index is 599. The van der Waals surface area contributed by atoms with E-state index >= 15 is 0 Å². The molecule has 0 aliphatic carbocycles. The van der Waals surface area contributed by atoms with Gasteiger partial charge in [-0.05, 0) is 78.8 Å². The number of alkyl carbamates (subject to hydrolysis) is 1. The van der Waals surface area contributed by atoms with Crippen molar-refractivity contribution in [1.82, 2.24) is 15.1 Å². The van der Waals surface area contributed by atoms with E-state index in [0.717, 1.165) is 65.1 Å². The molecule has 0 aromatic rings. The van der Waals surface area contributed by atoms with Gasteiger partial charge in [0.05, 0.1) is 6.04 Å². The highest BCUT2D eigenvalue weighted by molar-refractivity contribution is 5.82. The van der Waals surface area contributed by atoms with Gasteiger partial charge < -0.3 is 30.3 Å². The maximum absolute atomic E-state index is 12.7. The molecule has 0 saturated carbocycles. The average molecular weight is 439 g/mol. The quantitative estimate of drug-likeness (QED) is 0.591. The number of nitrogens with zero attached hydrogens (tertiary/aromatic N) is 2. The first-order valence-corrected chi connectivity index (χ1v) is 12.0. The van der Waals surface area contributed by atoms with E-state index in [4.69, 9.17) is 15.2 Å². The second-order valence-electron chi connectivity index (χ2n) is 10.6. The molecule has 0 aromatic heterocycles. The monoisotopic (exact) mass is 438 g/mol. The molecule has 3 aliphatic rings. The number of nitrogens with two attached hydrogens (primary N) is 1. The number of nitrogens with one attached hydrogen (secondary N) is 1. The van der Waals surface area contributed by atoms with Crippen LogP contribution < -0.4 is 11.1 Å². The fourth-order valence-corrected chi connectivity index (χ4v) is 5.00. The number of amides is 2. The first-order valence-electron chi connectivity index (χ1n) is 12.0. The lowest BCUT2D eigenvalue weighted by molar-refractivity contribution is -0.149. The SMILES string of the molecule is CC(C)(C)OC(=O)NCCCC[C@@H](N)C(=O)N1CC2(CCN(C3CCOCC3)CC2)C1. The van der Waals surface area contributed by atoms with Crippen LogP contribution in [0.25, 0.3) is 0 Å². The maximum Gasteiger partial charge on any atom is 0.407 e. The van der Waals surface area contributed by atoms with E-state index in [-0.39, 0.29) is 5.91 Å². The molecule has 3 saturated heterocycles. The van der Waals surface area contributed by atoms with Crippen molar-refractivity contribution in [2.75, 3.05) is 45.9 Å². The Morgan fingerprint density at radius 2 is 1.81 bits per heavy atom. The molecule has 1 spiro atoms. The zero-order valence-corrected chi connectivity index (χ0v) is 19.7. The number of hydrogen-bond acceptors (Lipinski definition) is 6. The van der Waals surface area contributed by atoms with Crippen LogP contribution in [-0.2, 0) is 14.3 Å². The van der Waals surface area contributed by atoms with Crippen LogP contribution in [0.15, 0.2) is 0 Å². The Morgan fingerprint density at radius 3 is 2.42 bits per heavy atom. The van der Waals surface area contributed by atoms with Gasteiger partial charge in [0.15, 0.2) is 0 Å². The van der Waals surface area contributed by atoms with Gasteiger partial charge in [0.25, 0.3) is 0 Å². The molecule has 3 fully saturated rings. The van der Waals surface area contributed by atoms with Gasteiger partial charge in [0.2, 0.25) is 5.91 Å². The summed E-state index contributed by atoms with van der Waals surface area (Å²) in [6, 6.07) is 0.239. The molecule has 178 valence electrons. The first kappa shape index (κ1) is 24.3. The van der Waals surface area contributed by atoms with Gasteiger partial charge in [0, 0.05) is 44.3 Å². The molecule has 8 nitrogen and oxygen atoms in total. The Balaban J connectivity index is 1.27. The normalized spacial score (nSPS) is 23.3. The third-order valence-electron chi connectivity index (χ3n) is 6.86. The molecule has 3 N–H and O–H groups in total. The van der Waals surface area contributed by atoms with E-state index in [0.29, 0.717) is 24.4 Å². The smallest absolute Gasteiger partial charge is 0.407 e. The van der Waals surface area contributed by atoms with E-state index in [9.17, 15) is 9.59 Å². The summed E-state index contributed by atoms with van der Waals surface area (Å²) >= 11 is 0. The van der Waals surface area contributed by atoms with E-state index in [1.54, 1.807) is 0 Å². The molecular formula is C23H42N4O4. The van der Waals surface area contributed by atoms with Gasteiger partial charge in [-0.25, -0.2) is 4.79 Å². The lowest BCUT2D eigenvalue weighted by atomic mass is 9.71. The van der Waals surface area contributed by atoms with Crippen LogP contribution in [0.1, 0.15) is 65.7 Å². The summed E-state index contributed by atoms with van der Waals surface area (Å²) in [7, 11) is 0. The number of carbonyl (C=O) groups is 2. The number of piperidine rings is 1. The average Bonchev–Trinajstić information content (AvgIpc) is 2.70. The summed E-state index contributed by atoms with van der Waals surface area (Å²) in [6.45, 7) is 11.8. The van der Waals surface area contributed by atoms with Crippen molar-refractivity contribution in [3.8, 4) is 0 Å². The second-order valence-corrected chi connectivity index (χ2v) is 10.6. The molecule has 3 aliphatic heterocycles. The molecule has 0 radical (unpaired) electrons. The summed E-state index contributed by atoms with van der Waals surface area (Å²) in [5.74, 6) is 0.0811. The topological polar surface area (TPSA) is 97.1 Å². The summed E-state index contributed by atoms with van der Waals surface area (Å²) in [5, 5.41) is 2.75. The minimum atomic E-state index is -0.491. The lowest BCUT2D eigenvalue weighted by Crippen LogP contribution is -2.64. The Kier molecular flexibility index (Phi) is 8.21. The highest BCUT2D eigenvalue weighted by atomic mass is 16.6. The zero-order chi connectivity index (χ0) is 22.5. The van der Waals surface area contributed by atoms with Gasteiger partial charge in [-0.1, -0.05) is 0 Å². The Morgan fingerprint density at radius 1 is 1.16 bits per heavy atom. The predicted octanol–water partition coefficient (Wildman–Crippen LogP) is 2.11. The molecule has 8 heteroatoms. The number of ether oxygens (including phenoxy) is 2. The lowest BCUT2D eigenvalue weighted by Gasteiger charge is -2.55. The van der Waals surface area contributed by atoms with Crippen LogP contribution in [-0.4, -0.2) is 85.4 Å². The van der Waals surface area contributed by atoms with Gasteiger partial charge in [-0.2, -0.15) is 0 Å². The minimum absolute atomic E-state index is 0.0811. The van der Waals surface area contributed by atoms with E-state index in [1.807, 2.05) is 25.7 Å². The van der Waals surface area contributed by atoms with Crippen LogP contribution in [0.5, 0.6) is 0 Å². The summed E-state index contributed by atoms with van der Waals surface area (Å²) in [5.41, 5.74) is 5.99. The molecule has 3 heterocycles. The molecule has 3 rings (SSSR count). The van der Waals surface area contributed by atoms with Crippen molar-refractivity contribution in [2.45, 2.75) is 83.4 Å². The summed E-state index contributed by atoms with van der Waals surface area (Å²) in [4.78, 5) is 28.9. The van der Waals surface area contributed by atoms with Gasteiger partial charge in [0.1, 0.15) is 5.60 Å². The molecule has 0 unspecified atom stereocenters. The third-order valence-corrected chi connectivity index (χ3v) is 6.86. The van der Waals surface area contributed by atoms with E-state index in [1.165, 1.54) is 12.8 Å². The fraction of sp³-hybridized carbons (Fsp3) is 0.913. The van der Waals surface area contributed by atoms with Gasteiger partial charge in [-0.15, -0.1) is 0 Å². The van der Waals surface area contributed by atoms with Crippen LogP contribution in [0.3, 0.4) is 0 Å². The second kappa shape index (κ2) is 10.5. The molecular weight excluding hydrogens is 396 g/mol. The van der Waals surface area contributed by atoms with Crippen molar-refractivity contribution in [3.63, 3.8) is 0 Å².